The summed E-state index contributed by atoms with van der Waals surface area (Å²) in [6.45, 7) is 0.798. The van der Waals surface area contributed by atoms with Crippen molar-refractivity contribution in [3.8, 4) is 0 Å². The van der Waals surface area contributed by atoms with Crippen molar-refractivity contribution in [2.24, 2.45) is 7.05 Å². The van der Waals surface area contributed by atoms with Gasteiger partial charge in [-0.15, -0.1) is 0 Å². The van der Waals surface area contributed by atoms with E-state index in [1.165, 1.54) is 10.9 Å². The smallest absolute Gasteiger partial charge is 0.291 e. The maximum atomic E-state index is 11.9. The summed E-state index contributed by atoms with van der Waals surface area (Å²) in [5.74, 6) is 0. The zero-order valence-electron chi connectivity index (χ0n) is 9.06. The number of rotatable bonds is 2. The molecule has 0 radical (unpaired) electrons. The van der Waals surface area contributed by atoms with Crippen LogP contribution in [0.3, 0.4) is 0 Å². The summed E-state index contributed by atoms with van der Waals surface area (Å²) in [6, 6.07) is -0.00685. The zero-order valence-corrected chi connectivity index (χ0v) is 9.81. The fraction of sp³-hybridized carbons (Fsp3) is 0.600. The monoisotopic (exact) mass is 243 g/mol. The van der Waals surface area contributed by atoms with E-state index in [1.807, 2.05) is 4.90 Å². The molecule has 88 valence electrons. The maximum absolute atomic E-state index is 11.9. The van der Waals surface area contributed by atoms with Crippen LogP contribution in [0.2, 0.25) is 5.02 Å². The van der Waals surface area contributed by atoms with Gasteiger partial charge in [0.15, 0.2) is 0 Å². The zero-order chi connectivity index (χ0) is 11.7. The molecule has 0 aliphatic carbocycles. The van der Waals surface area contributed by atoms with Crippen molar-refractivity contribution in [2.45, 2.75) is 18.9 Å². The average molecular weight is 244 g/mol. The molecule has 0 amide bonds. The van der Waals surface area contributed by atoms with Gasteiger partial charge in [-0.1, -0.05) is 11.6 Å². The first-order valence-electron chi connectivity index (χ1n) is 5.24. The minimum Gasteiger partial charge on any atom is -0.394 e. The van der Waals surface area contributed by atoms with E-state index in [2.05, 4.69) is 5.10 Å². The van der Waals surface area contributed by atoms with Crippen molar-refractivity contribution >= 4 is 17.3 Å². The lowest BCUT2D eigenvalue weighted by Gasteiger charge is -2.25. The van der Waals surface area contributed by atoms with E-state index in [0.717, 1.165) is 19.4 Å². The molecule has 1 aromatic heterocycles. The summed E-state index contributed by atoms with van der Waals surface area (Å²) in [7, 11) is 1.59. The second-order valence-electron chi connectivity index (χ2n) is 3.94. The van der Waals surface area contributed by atoms with Gasteiger partial charge in [-0.05, 0) is 12.8 Å². The summed E-state index contributed by atoms with van der Waals surface area (Å²) in [5.41, 5.74) is 0.239. The Bertz CT molecular complexity index is 446. The van der Waals surface area contributed by atoms with Gasteiger partial charge in [0.25, 0.3) is 5.56 Å². The number of nitrogens with zero attached hydrogens (tertiary/aromatic N) is 3. The van der Waals surface area contributed by atoms with Crippen LogP contribution in [-0.2, 0) is 7.05 Å². The minimum absolute atomic E-state index is 0.00685. The number of anilines is 1. The van der Waals surface area contributed by atoms with E-state index in [9.17, 15) is 9.90 Å². The maximum Gasteiger partial charge on any atom is 0.291 e. The number of hydrogen-bond acceptors (Lipinski definition) is 4. The molecule has 0 spiro atoms. The number of aromatic nitrogens is 2. The van der Waals surface area contributed by atoms with Gasteiger partial charge in [-0.2, -0.15) is 5.10 Å². The quantitative estimate of drug-likeness (QED) is 0.817. The third kappa shape index (κ3) is 1.81. The van der Waals surface area contributed by atoms with E-state index in [4.69, 9.17) is 11.6 Å². The van der Waals surface area contributed by atoms with Gasteiger partial charge in [0.1, 0.15) is 5.69 Å². The van der Waals surface area contributed by atoms with Crippen LogP contribution in [0.15, 0.2) is 11.0 Å². The van der Waals surface area contributed by atoms with Gasteiger partial charge in [-0.3, -0.25) is 4.79 Å². The molecule has 1 aliphatic heterocycles. The fourth-order valence-electron chi connectivity index (χ4n) is 2.09. The summed E-state index contributed by atoms with van der Waals surface area (Å²) >= 11 is 6.00. The number of aryl methyl sites for hydroxylation is 1. The van der Waals surface area contributed by atoms with Crippen LogP contribution in [0.5, 0.6) is 0 Å². The van der Waals surface area contributed by atoms with Crippen LogP contribution in [0.4, 0.5) is 5.69 Å². The molecule has 2 heterocycles. The van der Waals surface area contributed by atoms with Crippen LogP contribution in [0, 0.1) is 0 Å². The third-order valence-corrected chi connectivity index (χ3v) is 3.22. The second-order valence-corrected chi connectivity index (χ2v) is 4.35. The standard InChI is InChI=1S/C10H14ClN3O2/c1-13-10(16)9(8(11)5-12-13)14-4-2-3-7(14)6-15/h5,7,15H,2-4,6H2,1H3/t7-/m0/s1. The Morgan fingerprint density at radius 1 is 1.69 bits per heavy atom. The van der Waals surface area contributed by atoms with Crippen molar-refractivity contribution in [3.63, 3.8) is 0 Å². The summed E-state index contributed by atoms with van der Waals surface area (Å²) in [4.78, 5) is 13.8. The Morgan fingerprint density at radius 2 is 2.44 bits per heavy atom. The Morgan fingerprint density at radius 3 is 3.12 bits per heavy atom. The lowest BCUT2D eigenvalue weighted by atomic mass is 10.2. The molecular weight excluding hydrogens is 230 g/mol. The average Bonchev–Trinajstić information content (AvgIpc) is 2.72. The number of hydrogen-bond donors (Lipinski definition) is 1. The molecule has 0 saturated carbocycles. The Hall–Kier alpha value is -1.07. The van der Waals surface area contributed by atoms with Crippen LogP contribution >= 0.6 is 11.6 Å². The molecule has 6 heteroatoms. The Labute approximate surface area is 98.3 Å². The van der Waals surface area contributed by atoms with E-state index in [-0.39, 0.29) is 18.2 Å². The molecule has 1 atom stereocenters. The topological polar surface area (TPSA) is 58.4 Å². The van der Waals surface area contributed by atoms with Crippen molar-refractivity contribution in [1.82, 2.24) is 9.78 Å². The van der Waals surface area contributed by atoms with Gasteiger partial charge in [0.05, 0.1) is 23.9 Å². The SMILES string of the molecule is Cn1ncc(Cl)c(N2CCC[C@H]2CO)c1=O. The predicted molar refractivity (Wildman–Crippen MR) is 61.9 cm³/mol. The molecule has 1 fully saturated rings. The Kier molecular flexibility index (Phi) is 3.16. The van der Waals surface area contributed by atoms with Crippen molar-refractivity contribution in [3.05, 3.63) is 21.6 Å². The molecule has 1 aromatic rings. The molecule has 16 heavy (non-hydrogen) atoms. The molecule has 0 bridgehead atoms. The number of halogens is 1. The summed E-state index contributed by atoms with van der Waals surface area (Å²) in [5, 5.41) is 13.4. The van der Waals surface area contributed by atoms with Crippen LogP contribution < -0.4 is 10.5 Å². The van der Waals surface area contributed by atoms with Gasteiger partial charge in [0, 0.05) is 13.6 Å². The number of aliphatic hydroxyl groups is 1. The predicted octanol–water partition coefficient (Wildman–Crippen LogP) is 0.395. The molecule has 5 nitrogen and oxygen atoms in total. The van der Waals surface area contributed by atoms with Crippen LogP contribution in [0.25, 0.3) is 0 Å². The van der Waals surface area contributed by atoms with Crippen LogP contribution in [-0.4, -0.2) is 34.1 Å². The summed E-state index contributed by atoms with van der Waals surface area (Å²) in [6.07, 6.45) is 3.32. The van der Waals surface area contributed by atoms with Crippen molar-refractivity contribution in [2.75, 3.05) is 18.1 Å². The fourth-order valence-corrected chi connectivity index (χ4v) is 2.32. The largest absolute Gasteiger partial charge is 0.394 e. The highest BCUT2D eigenvalue weighted by atomic mass is 35.5. The molecule has 2 rings (SSSR count). The molecule has 1 N–H and O–H groups in total. The van der Waals surface area contributed by atoms with Crippen molar-refractivity contribution in [1.29, 1.82) is 0 Å². The van der Waals surface area contributed by atoms with Gasteiger partial charge in [-0.25, -0.2) is 4.68 Å². The first-order chi connectivity index (χ1) is 7.65. The first kappa shape index (κ1) is 11.4. The van der Waals surface area contributed by atoms with E-state index >= 15 is 0 Å². The highest BCUT2D eigenvalue weighted by Gasteiger charge is 2.28. The van der Waals surface area contributed by atoms with Gasteiger partial charge >= 0.3 is 0 Å². The third-order valence-electron chi connectivity index (χ3n) is 2.94. The van der Waals surface area contributed by atoms with Gasteiger partial charge < -0.3 is 10.0 Å². The summed E-state index contributed by atoms with van der Waals surface area (Å²) < 4.78 is 1.26. The Balaban J connectivity index is 2.47. The normalized spacial score (nSPS) is 20.4. The van der Waals surface area contributed by atoms with E-state index in [0.29, 0.717) is 10.7 Å². The van der Waals surface area contributed by atoms with E-state index in [1.54, 1.807) is 7.05 Å². The van der Waals surface area contributed by atoms with Crippen LogP contribution in [0.1, 0.15) is 12.8 Å². The number of aliphatic hydroxyl groups excluding tert-OH is 1. The highest BCUT2D eigenvalue weighted by molar-refractivity contribution is 6.33. The first-order valence-corrected chi connectivity index (χ1v) is 5.62. The lowest BCUT2D eigenvalue weighted by Crippen LogP contribution is -2.38. The molecular formula is C10H14ClN3O2. The van der Waals surface area contributed by atoms with E-state index < -0.39 is 0 Å². The minimum atomic E-state index is -0.215. The lowest BCUT2D eigenvalue weighted by molar-refractivity contribution is 0.266. The van der Waals surface area contributed by atoms with Gasteiger partial charge in [0.2, 0.25) is 0 Å². The molecule has 1 aliphatic rings. The van der Waals surface area contributed by atoms with Crippen molar-refractivity contribution < 1.29 is 5.11 Å². The second kappa shape index (κ2) is 4.43. The molecule has 1 saturated heterocycles. The highest BCUT2D eigenvalue weighted by Crippen LogP contribution is 2.27. The molecule has 0 unspecified atom stereocenters. The molecule has 0 aromatic carbocycles.